The van der Waals surface area contributed by atoms with Crippen LogP contribution in [0, 0.1) is 11.3 Å². The molecule has 2 aromatic rings. The van der Waals surface area contributed by atoms with Crippen LogP contribution >= 0.6 is 0 Å². The van der Waals surface area contributed by atoms with Gasteiger partial charge in [-0.15, -0.1) is 0 Å². The van der Waals surface area contributed by atoms with Crippen molar-refractivity contribution in [1.29, 1.82) is 5.26 Å². The summed E-state index contributed by atoms with van der Waals surface area (Å²) in [6.07, 6.45) is 1.78. The van der Waals surface area contributed by atoms with Gasteiger partial charge in [0.1, 0.15) is 5.76 Å². The molecule has 0 radical (unpaired) electrons. The van der Waals surface area contributed by atoms with Gasteiger partial charge in [0.25, 0.3) is 5.91 Å². The summed E-state index contributed by atoms with van der Waals surface area (Å²) in [5.74, 6) is 0.453. The van der Waals surface area contributed by atoms with E-state index in [9.17, 15) is 9.59 Å². The Kier molecular flexibility index (Phi) is 6.80. The van der Waals surface area contributed by atoms with Crippen LogP contribution in [0.4, 0.5) is 10.5 Å². The number of carbonyl (C=O) groups excluding carboxylic acids is 2. The Balaban J connectivity index is 2.05. The number of carbonyl (C=O) groups is 2. The number of anilines is 1. The third-order valence-electron chi connectivity index (χ3n) is 3.52. The molecular weight excluding hydrogens is 332 g/mol. The highest BCUT2D eigenvalue weighted by atomic mass is 16.3. The van der Waals surface area contributed by atoms with E-state index < -0.39 is 0 Å². The maximum atomic E-state index is 12.7. The minimum atomic E-state index is -0.299. The fourth-order valence-electron chi connectivity index (χ4n) is 2.34. The number of benzene rings is 1. The van der Waals surface area contributed by atoms with Crippen LogP contribution in [0.3, 0.4) is 0 Å². The van der Waals surface area contributed by atoms with Crippen molar-refractivity contribution < 1.29 is 14.0 Å². The predicted molar refractivity (Wildman–Crippen MR) is 97.4 cm³/mol. The van der Waals surface area contributed by atoms with E-state index in [2.05, 4.69) is 16.7 Å². The van der Waals surface area contributed by atoms with Crippen LogP contribution < -0.4 is 10.6 Å². The molecule has 0 atom stereocenters. The van der Waals surface area contributed by atoms with Gasteiger partial charge in [-0.25, -0.2) is 4.79 Å². The molecule has 3 amide bonds. The molecule has 26 heavy (non-hydrogen) atoms. The molecule has 0 fully saturated rings. The smallest absolute Gasteiger partial charge is 0.319 e. The second kappa shape index (κ2) is 9.28. The number of nitriles is 1. The predicted octanol–water partition coefficient (Wildman–Crippen LogP) is 3.37. The van der Waals surface area contributed by atoms with Gasteiger partial charge >= 0.3 is 6.03 Å². The zero-order chi connectivity index (χ0) is 18.9. The minimum absolute atomic E-state index is 0.0335. The number of rotatable bonds is 7. The standard InChI is InChI=1S/C19H22N4O3/c1-14(2)21-19(25)22-16-8-6-15(7-9-16)18(24)23(11-4-10-20)13-17-5-3-12-26-17/h3,5-9,12,14H,4,11,13H2,1-2H3,(H2,21,22,25). The number of nitrogens with zero attached hydrogens (tertiary/aromatic N) is 2. The fraction of sp³-hybridized carbons (Fsp3) is 0.316. The highest BCUT2D eigenvalue weighted by molar-refractivity contribution is 5.95. The lowest BCUT2D eigenvalue weighted by Gasteiger charge is -2.20. The summed E-state index contributed by atoms with van der Waals surface area (Å²) in [4.78, 5) is 26.0. The van der Waals surface area contributed by atoms with Crippen molar-refractivity contribution in [3.05, 3.63) is 54.0 Å². The zero-order valence-corrected chi connectivity index (χ0v) is 14.9. The molecule has 7 heteroatoms. The summed E-state index contributed by atoms with van der Waals surface area (Å²) in [5.41, 5.74) is 1.07. The van der Waals surface area contributed by atoms with Crippen molar-refractivity contribution in [2.24, 2.45) is 0 Å². The molecule has 0 unspecified atom stereocenters. The third-order valence-corrected chi connectivity index (χ3v) is 3.52. The van der Waals surface area contributed by atoms with Crippen molar-refractivity contribution in [3.8, 4) is 6.07 Å². The number of amides is 3. The molecule has 2 N–H and O–H groups in total. The molecule has 7 nitrogen and oxygen atoms in total. The fourth-order valence-corrected chi connectivity index (χ4v) is 2.34. The lowest BCUT2D eigenvalue weighted by atomic mass is 10.1. The lowest BCUT2D eigenvalue weighted by Crippen LogP contribution is -2.34. The van der Waals surface area contributed by atoms with Crippen LogP contribution in [0.1, 0.15) is 36.4 Å². The molecule has 1 heterocycles. The lowest BCUT2D eigenvalue weighted by molar-refractivity contribution is 0.0735. The number of hydrogen-bond donors (Lipinski definition) is 2. The van der Waals surface area contributed by atoms with Gasteiger partial charge < -0.3 is 20.0 Å². The average Bonchev–Trinajstić information content (AvgIpc) is 3.11. The van der Waals surface area contributed by atoms with Gasteiger partial charge in [-0.2, -0.15) is 5.26 Å². The molecule has 1 aromatic carbocycles. The van der Waals surface area contributed by atoms with E-state index in [0.29, 0.717) is 30.1 Å². The zero-order valence-electron chi connectivity index (χ0n) is 14.9. The molecule has 0 saturated heterocycles. The van der Waals surface area contributed by atoms with Crippen LogP contribution in [-0.4, -0.2) is 29.4 Å². The van der Waals surface area contributed by atoms with E-state index >= 15 is 0 Å². The summed E-state index contributed by atoms with van der Waals surface area (Å²) in [5, 5.41) is 14.3. The van der Waals surface area contributed by atoms with Gasteiger partial charge in [-0.3, -0.25) is 4.79 Å². The molecule has 0 spiro atoms. The highest BCUT2D eigenvalue weighted by Gasteiger charge is 2.17. The van der Waals surface area contributed by atoms with Crippen molar-refractivity contribution >= 4 is 17.6 Å². The van der Waals surface area contributed by atoms with E-state index in [1.165, 1.54) is 0 Å². The van der Waals surface area contributed by atoms with E-state index in [0.717, 1.165) is 0 Å². The van der Waals surface area contributed by atoms with Crippen LogP contribution in [0.25, 0.3) is 0 Å². The van der Waals surface area contributed by atoms with Gasteiger partial charge in [0.05, 0.1) is 25.3 Å². The average molecular weight is 354 g/mol. The normalized spacial score (nSPS) is 10.2. The molecule has 0 bridgehead atoms. The SMILES string of the molecule is CC(C)NC(=O)Nc1ccc(C(=O)N(CCC#N)Cc2ccco2)cc1. The number of furan rings is 1. The van der Waals surface area contributed by atoms with Crippen LogP contribution in [0.15, 0.2) is 47.1 Å². The first-order valence-corrected chi connectivity index (χ1v) is 8.35. The second-order valence-electron chi connectivity index (χ2n) is 6.04. The van der Waals surface area contributed by atoms with E-state index in [1.807, 2.05) is 13.8 Å². The van der Waals surface area contributed by atoms with Crippen LogP contribution in [0.2, 0.25) is 0 Å². The number of urea groups is 1. The molecule has 136 valence electrons. The van der Waals surface area contributed by atoms with Gasteiger partial charge in [0, 0.05) is 23.8 Å². The van der Waals surface area contributed by atoms with Crippen molar-refractivity contribution in [1.82, 2.24) is 10.2 Å². The van der Waals surface area contributed by atoms with Gasteiger partial charge in [0.15, 0.2) is 0 Å². The Morgan fingerprint density at radius 3 is 2.54 bits per heavy atom. The summed E-state index contributed by atoms with van der Waals surface area (Å²) >= 11 is 0. The van der Waals surface area contributed by atoms with Crippen molar-refractivity contribution in [2.75, 3.05) is 11.9 Å². The maximum Gasteiger partial charge on any atom is 0.319 e. The van der Waals surface area contributed by atoms with Gasteiger partial charge in [0.2, 0.25) is 0 Å². The largest absolute Gasteiger partial charge is 0.467 e. The topological polar surface area (TPSA) is 98.4 Å². The molecular formula is C19H22N4O3. The van der Waals surface area contributed by atoms with Crippen LogP contribution in [-0.2, 0) is 6.54 Å². The maximum absolute atomic E-state index is 12.7. The van der Waals surface area contributed by atoms with Crippen molar-refractivity contribution in [3.63, 3.8) is 0 Å². The molecule has 2 rings (SSSR count). The third kappa shape index (κ3) is 5.67. The number of nitrogens with one attached hydrogen (secondary N) is 2. The number of hydrogen-bond acceptors (Lipinski definition) is 4. The first-order valence-electron chi connectivity index (χ1n) is 8.35. The van der Waals surface area contributed by atoms with E-state index in [4.69, 9.17) is 9.68 Å². The molecule has 0 aliphatic carbocycles. The van der Waals surface area contributed by atoms with Gasteiger partial charge in [-0.1, -0.05) is 0 Å². The van der Waals surface area contributed by atoms with Gasteiger partial charge in [-0.05, 0) is 50.2 Å². The van der Waals surface area contributed by atoms with Crippen molar-refractivity contribution in [2.45, 2.75) is 32.9 Å². The molecule has 1 aromatic heterocycles. The highest BCUT2D eigenvalue weighted by Crippen LogP contribution is 2.14. The first-order chi connectivity index (χ1) is 12.5. The Labute approximate surface area is 152 Å². The summed E-state index contributed by atoms with van der Waals surface area (Å²) in [6, 6.07) is 12.0. The Morgan fingerprint density at radius 1 is 1.23 bits per heavy atom. The minimum Gasteiger partial charge on any atom is -0.467 e. The monoisotopic (exact) mass is 354 g/mol. The Hall–Kier alpha value is -3.27. The first kappa shape index (κ1) is 19.1. The summed E-state index contributed by atoms with van der Waals surface area (Å²) < 4.78 is 5.29. The molecule has 0 aliphatic rings. The van der Waals surface area contributed by atoms with E-state index in [1.54, 1.807) is 47.6 Å². The Morgan fingerprint density at radius 2 is 1.96 bits per heavy atom. The molecule has 0 saturated carbocycles. The van der Waals surface area contributed by atoms with E-state index in [-0.39, 0.29) is 24.4 Å². The quantitative estimate of drug-likeness (QED) is 0.796. The second-order valence-corrected chi connectivity index (χ2v) is 6.04. The summed E-state index contributed by atoms with van der Waals surface area (Å²) in [6.45, 7) is 4.35. The summed E-state index contributed by atoms with van der Waals surface area (Å²) in [7, 11) is 0. The van der Waals surface area contributed by atoms with Crippen LogP contribution in [0.5, 0.6) is 0 Å². The Bertz CT molecular complexity index is 761. The molecule has 0 aliphatic heterocycles.